The Kier molecular flexibility index (Phi) is 12.6. The van der Waals surface area contributed by atoms with Crippen molar-refractivity contribution in [1.29, 1.82) is 0 Å². The van der Waals surface area contributed by atoms with Gasteiger partial charge in [0.2, 0.25) is 0 Å². The standard InChI is InChI=1S/C56H42.C52H34/c1-33(2)35-25-27-49-45(29-35)41-19-9-11-21-47(41)55(49)51-23-13-14-24-52(51)56(48-22-12-10-20-42(48)46-30-36(34(3)4)26-28-50(46)56)54-32-44-40-18-8-6-16-38(40)37-15-5-7-17-39(37)43(44)31-53(54)55;1-31-23-25-45-41(27-31)37-17-7-9-19-43(37)51(45)47-21-11-12-22-48(47)52(44-20-10-8-18-38(44)42-28-32(2)24-26-46(42)52)50-30-40-36-16-6-4-14-34(36)33-13-3-5-15-35(33)39(40)29-49(50)51/h5-34H,1-4H3;3-30H,1-2H3. The summed E-state index contributed by atoms with van der Waals surface area (Å²) in [7, 11) is 0. The average Bonchev–Trinajstić information content (AvgIpc) is 1.44. The minimum absolute atomic E-state index is 0.434. The van der Waals surface area contributed by atoms with E-state index in [1.807, 2.05) is 0 Å². The predicted molar refractivity (Wildman–Crippen MR) is 452 cm³/mol. The molecule has 4 spiro atoms. The average molecular weight is 1370 g/mol. The summed E-state index contributed by atoms with van der Waals surface area (Å²) in [6.45, 7) is 13.7. The molecule has 4 atom stereocenters. The lowest BCUT2D eigenvalue weighted by atomic mass is 9.52. The van der Waals surface area contributed by atoms with E-state index in [1.165, 1.54) is 220 Å². The van der Waals surface area contributed by atoms with Crippen LogP contribution in [0.4, 0.5) is 0 Å². The van der Waals surface area contributed by atoms with Gasteiger partial charge in [-0.3, -0.25) is 0 Å². The van der Waals surface area contributed by atoms with Gasteiger partial charge in [0.25, 0.3) is 0 Å². The van der Waals surface area contributed by atoms with E-state index >= 15 is 0 Å². The van der Waals surface area contributed by atoms with E-state index in [0.717, 1.165) is 0 Å². The molecule has 0 bridgehead atoms. The second-order valence-electron chi connectivity index (χ2n) is 32.4. The summed E-state index contributed by atoms with van der Waals surface area (Å²) in [5, 5.41) is 15.7. The van der Waals surface area contributed by atoms with E-state index in [0.29, 0.717) is 11.8 Å². The summed E-state index contributed by atoms with van der Waals surface area (Å²) in [6.07, 6.45) is 0. The Morgan fingerprint density at radius 3 is 0.602 bits per heavy atom. The van der Waals surface area contributed by atoms with Gasteiger partial charge in [-0.25, -0.2) is 0 Å². The van der Waals surface area contributed by atoms with Gasteiger partial charge in [0, 0.05) is 0 Å². The third-order valence-electron chi connectivity index (χ3n) is 26.7. The fraction of sp³-hybridized carbons (Fsp3) is 0.111. The zero-order chi connectivity index (χ0) is 71.8. The first kappa shape index (κ1) is 61.8. The molecule has 0 aromatic heterocycles. The van der Waals surface area contributed by atoms with Crippen molar-refractivity contribution in [2.24, 2.45) is 0 Å². The molecule has 108 heavy (non-hydrogen) atoms. The Balaban J connectivity index is 0.000000131. The molecule has 508 valence electrons. The fourth-order valence-corrected chi connectivity index (χ4v) is 22.4. The second kappa shape index (κ2) is 22.1. The molecule has 0 saturated carbocycles. The van der Waals surface area contributed by atoms with Gasteiger partial charge in [-0.05, 0) is 259 Å². The Morgan fingerprint density at radius 2 is 0.352 bits per heavy atom. The lowest BCUT2D eigenvalue weighted by Crippen LogP contribution is -2.43. The Hall–Kier alpha value is -12.5. The van der Waals surface area contributed by atoms with Crippen molar-refractivity contribution in [1.82, 2.24) is 0 Å². The summed E-state index contributed by atoms with van der Waals surface area (Å²) in [4.78, 5) is 0. The van der Waals surface area contributed by atoms with Crippen LogP contribution in [-0.4, -0.2) is 0 Å². The van der Waals surface area contributed by atoms with E-state index in [-0.39, 0.29) is 0 Å². The minimum Gasteiger partial charge on any atom is -0.0619 e. The Bertz CT molecular complexity index is 6630. The van der Waals surface area contributed by atoms with Gasteiger partial charge in [0.05, 0.1) is 21.7 Å². The van der Waals surface area contributed by atoms with Crippen molar-refractivity contribution in [2.45, 2.75) is 75.0 Å². The number of rotatable bonds is 2. The smallest absolute Gasteiger partial charge is 0.0619 e. The van der Waals surface area contributed by atoms with Gasteiger partial charge in [0.15, 0.2) is 0 Å². The molecule has 6 aliphatic carbocycles. The SMILES string of the molecule is CC(C)c1ccc2c(c1)-c1ccccc1C21c2ccccc2C2(c3ccccc3-c3cc(C(C)C)ccc32)c2cc3c4ccccc4c4ccccc4c3cc21.Cc1ccc2c(c1)-c1ccccc1C21c2ccccc2C2(c3ccccc3-c3cc(C)ccc32)c2cc3c4ccccc4c4ccccc4c3cc21. The molecule has 24 rings (SSSR count). The zero-order valence-corrected chi connectivity index (χ0v) is 61.5. The van der Waals surface area contributed by atoms with E-state index in [4.69, 9.17) is 0 Å². The monoisotopic (exact) mass is 1370 g/mol. The molecule has 0 fully saturated rings. The third kappa shape index (κ3) is 7.55. The maximum absolute atomic E-state index is 2.64. The zero-order valence-electron chi connectivity index (χ0n) is 61.5. The quantitative estimate of drug-likeness (QED) is 0.151. The predicted octanol–water partition coefficient (Wildman–Crippen LogP) is 27.2. The molecule has 18 aromatic rings. The van der Waals surface area contributed by atoms with Crippen LogP contribution in [-0.2, 0) is 21.7 Å². The summed E-state index contributed by atoms with van der Waals surface area (Å²) in [5.41, 5.74) is 36.2. The molecule has 18 aromatic carbocycles. The first-order valence-electron chi connectivity index (χ1n) is 38.9. The van der Waals surface area contributed by atoms with E-state index in [9.17, 15) is 0 Å². The van der Waals surface area contributed by atoms with Crippen molar-refractivity contribution in [2.75, 3.05) is 0 Å². The highest BCUT2D eigenvalue weighted by atomic mass is 14.6. The van der Waals surface area contributed by atoms with Crippen molar-refractivity contribution in [3.05, 3.63) is 451 Å². The van der Waals surface area contributed by atoms with Crippen LogP contribution in [0.25, 0.3) is 109 Å². The van der Waals surface area contributed by atoms with Crippen LogP contribution in [0.15, 0.2) is 340 Å². The molecule has 0 heterocycles. The van der Waals surface area contributed by atoms with Gasteiger partial charge in [-0.15, -0.1) is 0 Å². The molecular formula is C108H76. The largest absolute Gasteiger partial charge is 0.0720 e. The topological polar surface area (TPSA) is 0 Å². The molecular weight excluding hydrogens is 1300 g/mol. The van der Waals surface area contributed by atoms with Gasteiger partial charge in [-0.2, -0.15) is 0 Å². The summed E-state index contributed by atoms with van der Waals surface area (Å²) in [5.74, 6) is 0.869. The van der Waals surface area contributed by atoms with Crippen LogP contribution in [0.2, 0.25) is 0 Å². The molecule has 0 aliphatic heterocycles. The third-order valence-corrected chi connectivity index (χ3v) is 26.7. The maximum atomic E-state index is 2.64. The number of hydrogen-bond donors (Lipinski definition) is 0. The van der Waals surface area contributed by atoms with Gasteiger partial charge >= 0.3 is 0 Å². The molecule has 0 saturated heterocycles. The van der Waals surface area contributed by atoms with E-state index in [1.54, 1.807) is 0 Å². The van der Waals surface area contributed by atoms with Gasteiger partial charge in [-0.1, -0.05) is 354 Å². The van der Waals surface area contributed by atoms with E-state index in [2.05, 4.69) is 381 Å². The van der Waals surface area contributed by atoms with Crippen molar-refractivity contribution < 1.29 is 0 Å². The Labute approximate surface area is 630 Å². The maximum Gasteiger partial charge on any atom is 0.0720 e. The van der Waals surface area contributed by atoms with E-state index < -0.39 is 21.7 Å². The Morgan fingerprint density at radius 1 is 0.157 bits per heavy atom. The second-order valence-corrected chi connectivity index (χ2v) is 32.4. The molecule has 0 radical (unpaired) electrons. The van der Waals surface area contributed by atoms with Crippen LogP contribution >= 0.6 is 0 Å². The van der Waals surface area contributed by atoms with Crippen LogP contribution < -0.4 is 0 Å². The number of hydrogen-bond acceptors (Lipinski definition) is 0. The molecule has 0 heteroatoms. The summed E-state index contributed by atoms with van der Waals surface area (Å²) < 4.78 is 0. The lowest BCUT2D eigenvalue weighted by molar-refractivity contribution is 0.634. The normalized spacial score (nSPS) is 18.6. The fourth-order valence-electron chi connectivity index (χ4n) is 22.4. The molecule has 6 aliphatic rings. The highest BCUT2D eigenvalue weighted by Gasteiger charge is 2.61. The van der Waals surface area contributed by atoms with Crippen LogP contribution in [0.1, 0.15) is 151 Å². The number of fused-ring (bicyclic) bond motifs is 44. The molecule has 0 N–H and O–H groups in total. The summed E-state index contributed by atoms with van der Waals surface area (Å²) in [6, 6.07) is 132. The van der Waals surface area contributed by atoms with Gasteiger partial charge in [0.1, 0.15) is 0 Å². The molecule has 4 unspecified atom stereocenters. The van der Waals surface area contributed by atoms with Crippen molar-refractivity contribution in [3.63, 3.8) is 0 Å². The number of benzene rings is 18. The first-order valence-corrected chi connectivity index (χ1v) is 38.9. The van der Waals surface area contributed by atoms with Crippen molar-refractivity contribution in [3.8, 4) is 44.5 Å². The van der Waals surface area contributed by atoms with Crippen LogP contribution in [0, 0.1) is 13.8 Å². The van der Waals surface area contributed by atoms with Gasteiger partial charge < -0.3 is 0 Å². The van der Waals surface area contributed by atoms with Crippen LogP contribution in [0.5, 0.6) is 0 Å². The lowest BCUT2D eigenvalue weighted by Gasteiger charge is -2.49. The minimum atomic E-state index is -0.519. The van der Waals surface area contributed by atoms with Crippen molar-refractivity contribution >= 4 is 64.6 Å². The highest BCUT2D eigenvalue weighted by Crippen LogP contribution is 2.71. The highest BCUT2D eigenvalue weighted by molar-refractivity contribution is 6.27. The van der Waals surface area contributed by atoms with Crippen LogP contribution in [0.3, 0.4) is 0 Å². The number of aryl methyl sites for hydroxylation is 2. The summed E-state index contributed by atoms with van der Waals surface area (Å²) >= 11 is 0. The molecule has 0 nitrogen and oxygen atoms in total. The first-order chi connectivity index (χ1) is 53.0. The molecule has 0 amide bonds.